The number of esters is 1. The van der Waals surface area contributed by atoms with Crippen molar-refractivity contribution in [2.75, 3.05) is 46.2 Å². The second-order valence-electron chi connectivity index (χ2n) is 33.6. The van der Waals surface area contributed by atoms with E-state index in [4.69, 9.17) is 66.3 Å². The fraction of sp³-hybridized carbons (Fsp3) is 0.957. The van der Waals surface area contributed by atoms with Crippen LogP contribution in [0.5, 0.6) is 0 Å². The Hall–Kier alpha value is -2.15. The zero-order chi connectivity index (χ0) is 76.7. The predicted molar refractivity (Wildman–Crippen MR) is 344 cm³/mol. The third-order valence-electron chi connectivity index (χ3n) is 26.7. The normalized spacial score (nSPS) is 55.8. The average Bonchev–Trinajstić information content (AvgIpc) is 0.849. The van der Waals surface area contributed by atoms with Crippen LogP contribution < -0.4 is 0 Å². The third-order valence-corrected chi connectivity index (χ3v) is 26.7. The van der Waals surface area contributed by atoms with Gasteiger partial charge in [-0.2, -0.15) is 0 Å². The van der Waals surface area contributed by atoms with Gasteiger partial charge in [-0.15, -0.1) is 0 Å². The Labute approximate surface area is 605 Å². The number of hydrogen-bond acceptors (Lipinski definition) is 36. The molecule has 12 aliphatic rings. The van der Waals surface area contributed by atoms with Crippen LogP contribution in [0.4, 0.5) is 0 Å². The molecular formula is C69H112O36. The minimum Gasteiger partial charge on any atom is -0.432 e. The molecule has 7 saturated heterocycles. The summed E-state index contributed by atoms with van der Waals surface area (Å²) in [5.74, 6) is -2.29. The van der Waals surface area contributed by atoms with Gasteiger partial charge in [0.25, 0.3) is 0 Å². The molecule has 0 bridgehead atoms. The molecule has 0 unspecified atom stereocenters. The molecule has 0 aromatic carbocycles. The van der Waals surface area contributed by atoms with Gasteiger partial charge in [0.05, 0.1) is 76.8 Å². The number of fused-ring (bicyclic) bond motifs is 7. The molecule has 7 aliphatic heterocycles. The average molecular weight is 1520 g/mol. The van der Waals surface area contributed by atoms with E-state index in [9.17, 15) is 107 Å². The molecule has 0 spiro atoms. The van der Waals surface area contributed by atoms with Crippen LogP contribution in [-0.4, -0.2) is 368 Å². The van der Waals surface area contributed by atoms with Crippen LogP contribution in [0.15, 0.2) is 11.6 Å². The van der Waals surface area contributed by atoms with Gasteiger partial charge in [-0.05, 0) is 105 Å². The maximum atomic E-state index is 15.8. The predicted octanol–water partition coefficient (Wildman–Crippen LogP) is -7.67. The minimum absolute atomic E-state index is 0.0293. The van der Waals surface area contributed by atoms with Crippen molar-refractivity contribution in [2.45, 2.75) is 315 Å². The number of carbonyl (C=O) groups is 1. The van der Waals surface area contributed by atoms with E-state index < -0.39 is 305 Å². The minimum atomic E-state index is -2.26. The zero-order valence-electron chi connectivity index (χ0n) is 60.0. The molecule has 36 heteroatoms. The van der Waals surface area contributed by atoms with E-state index in [0.717, 1.165) is 5.57 Å². The Bertz CT molecular complexity index is 3010. The van der Waals surface area contributed by atoms with Gasteiger partial charge in [-0.3, -0.25) is 4.79 Å². The van der Waals surface area contributed by atoms with E-state index in [1.165, 1.54) is 13.8 Å². The lowest BCUT2D eigenvalue weighted by molar-refractivity contribution is -0.387. The number of aliphatic hydroxyl groups excluding tert-OH is 20. The molecule has 42 atom stereocenters. The topological polar surface area (TPSA) is 571 Å². The van der Waals surface area contributed by atoms with E-state index >= 15 is 4.79 Å². The third kappa shape index (κ3) is 13.9. The lowest BCUT2D eigenvalue weighted by atomic mass is 9.33. The van der Waals surface area contributed by atoms with Crippen LogP contribution >= 0.6 is 0 Å². The Morgan fingerprint density at radius 1 is 0.486 bits per heavy atom. The number of hydrogen-bond donors (Lipinski definition) is 21. The summed E-state index contributed by atoms with van der Waals surface area (Å²) in [5.41, 5.74) is -7.07. The quantitative estimate of drug-likeness (QED) is 0.0344. The molecule has 0 amide bonds. The maximum Gasteiger partial charge on any atom is 0.317 e. The highest BCUT2D eigenvalue weighted by atomic mass is 16.8. The summed E-state index contributed by atoms with van der Waals surface area (Å²) in [7, 11) is 0. The second kappa shape index (κ2) is 30.6. The summed E-state index contributed by atoms with van der Waals surface area (Å²) in [4.78, 5) is 15.8. The standard InChI is InChI=1S/C69H112O36/c1-25-37(78)41(82)43(84)56(95-25)100-49-31(76)21-92-55(45(49)86)99-48-26(2)96-58(47(88)51(48)102-61-53(89)68(91,23-73)24-94-61)103-52-38(79)30(75)20-93-60(52)105-62(90)69-14-13-63(3,4)15-28(69)27-9-10-35-64(5)16-29(74)54(65(6,22-72)34(64)11-12-66(35,7)67(27,8)17-36(69)77)104-59-46(87)50(40(81)33(19-71)98-59)101-57-44(85)42(83)39(80)32(18-70)97-57/h9,25-26,28-61,70-89,91H,10-24H2,1-8H3/t25-,26-,28-,29-,30-,31+,32+,33+,34+,35+,36+,37-,38-,39+,40+,41+,42-,43+,44+,45+,46+,47+,48-,49-,50-,51-,52+,53-,54-,55-,56-,57-,58-,59-,60-,61-,64-,65-,66+,67+,68+,69+/m0/s1. The van der Waals surface area contributed by atoms with Gasteiger partial charge in [0.1, 0.15) is 133 Å². The first kappa shape index (κ1) is 82.3. The van der Waals surface area contributed by atoms with Crippen LogP contribution in [-0.2, 0) is 71.1 Å². The van der Waals surface area contributed by atoms with Gasteiger partial charge in [0.2, 0.25) is 6.29 Å². The van der Waals surface area contributed by atoms with Gasteiger partial charge in [-0.25, -0.2) is 0 Å². The number of ether oxygens (including phenoxy) is 14. The van der Waals surface area contributed by atoms with Gasteiger partial charge in [0, 0.05) is 5.41 Å². The summed E-state index contributed by atoms with van der Waals surface area (Å²) < 4.78 is 83.7. The lowest BCUT2D eigenvalue weighted by Gasteiger charge is -2.72. The van der Waals surface area contributed by atoms with Crippen LogP contribution in [0.25, 0.3) is 0 Å². The van der Waals surface area contributed by atoms with Gasteiger partial charge in [0.15, 0.2) is 43.8 Å². The molecular weight excluding hydrogens is 1400 g/mol. The SMILES string of the molecule is C[C@@H]1O[C@@H](O[C@@H]2[C@@H](O)[C@H](O[C@@H]3[C@@H](O[C@@H]4OC[C@](O)(CO)[C@H]4O)[C@@H](O)[C@H](O[C@H]4[C@H](OC(=O)[C@]56CCC(C)(C)C[C@H]5C5=CC[C@@H]7[C@@]8(C)C[C@H](O)[C@H](O[C@@H]9O[C@H](CO)[C@@H](O)[C@H](O[C@@H]%10O[C@H](CO)[C@@H](O)[C@H](O)[C@H]%10O)[C@H]9O)[C@@](C)(CO)[C@@H]8CC[C@@]7(C)[C@]5(C)C[C@H]6O)OC[C@H](O)[C@@H]4O)O[C@H]3C)OC[C@H]2O)[C@H](O)[C@H](O)[C@H]1O. The van der Waals surface area contributed by atoms with Crippen LogP contribution in [0, 0.1) is 50.2 Å². The highest BCUT2D eigenvalue weighted by Crippen LogP contribution is 2.76. The van der Waals surface area contributed by atoms with Gasteiger partial charge in [-0.1, -0.05) is 53.2 Å². The second-order valence-corrected chi connectivity index (χ2v) is 33.6. The highest BCUT2D eigenvalue weighted by Gasteiger charge is 2.74. The molecule has 105 heavy (non-hydrogen) atoms. The van der Waals surface area contributed by atoms with Crippen molar-refractivity contribution < 1.29 is 178 Å². The Kier molecular flexibility index (Phi) is 24.0. The van der Waals surface area contributed by atoms with Crippen molar-refractivity contribution in [3.05, 3.63) is 11.6 Å². The number of aliphatic hydroxyl groups is 21. The first-order valence-electron chi connectivity index (χ1n) is 36.6. The molecule has 0 aromatic rings. The number of allylic oxidation sites excluding steroid dienone is 2. The molecule has 21 N–H and O–H groups in total. The Morgan fingerprint density at radius 2 is 1.04 bits per heavy atom. The van der Waals surface area contributed by atoms with E-state index in [1.807, 2.05) is 0 Å². The molecule has 604 valence electrons. The summed E-state index contributed by atoms with van der Waals surface area (Å²) >= 11 is 0. The molecule has 4 saturated carbocycles. The highest BCUT2D eigenvalue weighted by molar-refractivity contribution is 5.80. The summed E-state index contributed by atoms with van der Waals surface area (Å²) in [6.07, 6.45) is -52.1. The number of rotatable bonds is 18. The molecule has 12 rings (SSSR count). The van der Waals surface area contributed by atoms with Crippen LogP contribution in [0.3, 0.4) is 0 Å². The molecule has 36 nitrogen and oxygen atoms in total. The van der Waals surface area contributed by atoms with Crippen molar-refractivity contribution >= 4 is 5.97 Å². The lowest BCUT2D eigenvalue weighted by Crippen LogP contribution is -2.71. The summed E-state index contributed by atoms with van der Waals surface area (Å²) in [5, 5.41) is 235. The number of carbonyl (C=O) groups excluding carboxylic acids is 1. The zero-order valence-corrected chi connectivity index (χ0v) is 60.0. The monoisotopic (exact) mass is 1520 g/mol. The largest absolute Gasteiger partial charge is 0.432 e. The van der Waals surface area contributed by atoms with Crippen LogP contribution in [0.1, 0.15) is 107 Å². The molecule has 7 heterocycles. The van der Waals surface area contributed by atoms with Gasteiger partial charge < -0.3 is 174 Å². The fourth-order valence-corrected chi connectivity index (χ4v) is 20.3. The Morgan fingerprint density at radius 3 is 1.69 bits per heavy atom. The summed E-state index contributed by atoms with van der Waals surface area (Å²) in [6.45, 7) is 9.94. The fourth-order valence-electron chi connectivity index (χ4n) is 20.3. The van der Waals surface area contributed by atoms with Crippen molar-refractivity contribution in [1.29, 1.82) is 0 Å². The van der Waals surface area contributed by atoms with Crippen molar-refractivity contribution in [1.82, 2.24) is 0 Å². The molecule has 5 aliphatic carbocycles. The molecule has 0 radical (unpaired) electrons. The van der Waals surface area contributed by atoms with Crippen molar-refractivity contribution in [2.24, 2.45) is 50.2 Å². The summed E-state index contributed by atoms with van der Waals surface area (Å²) in [6, 6.07) is 0. The molecule has 0 aromatic heterocycles. The maximum absolute atomic E-state index is 15.8. The van der Waals surface area contributed by atoms with Crippen LogP contribution in [0.2, 0.25) is 0 Å². The van der Waals surface area contributed by atoms with E-state index in [0.29, 0.717) is 32.1 Å². The van der Waals surface area contributed by atoms with Crippen molar-refractivity contribution in [3.8, 4) is 0 Å². The van der Waals surface area contributed by atoms with E-state index in [2.05, 4.69) is 40.7 Å². The first-order valence-corrected chi connectivity index (χ1v) is 36.6. The van der Waals surface area contributed by atoms with Gasteiger partial charge >= 0.3 is 5.97 Å². The van der Waals surface area contributed by atoms with Crippen molar-refractivity contribution in [3.63, 3.8) is 0 Å². The van der Waals surface area contributed by atoms with E-state index in [1.54, 1.807) is 6.92 Å². The molecule has 11 fully saturated rings. The van der Waals surface area contributed by atoms with E-state index in [-0.39, 0.29) is 25.2 Å². The first-order chi connectivity index (χ1) is 49.2. The smallest absolute Gasteiger partial charge is 0.317 e. The Balaban J connectivity index is 0.780.